The second kappa shape index (κ2) is 7.24. The molecule has 2 unspecified atom stereocenters. The molecule has 4 nitrogen and oxygen atoms in total. The van der Waals surface area contributed by atoms with E-state index in [-0.39, 0.29) is 12.5 Å². The van der Waals surface area contributed by atoms with E-state index in [2.05, 4.69) is 30.7 Å². The van der Waals surface area contributed by atoms with Crippen molar-refractivity contribution in [2.45, 2.75) is 26.7 Å². The summed E-state index contributed by atoms with van der Waals surface area (Å²) < 4.78 is 0. The summed E-state index contributed by atoms with van der Waals surface area (Å²) in [4.78, 5) is 18.6. The van der Waals surface area contributed by atoms with Crippen LogP contribution < -0.4 is 0 Å². The molecule has 0 saturated carbocycles. The van der Waals surface area contributed by atoms with E-state index >= 15 is 0 Å². The van der Waals surface area contributed by atoms with Crippen LogP contribution >= 0.6 is 0 Å². The van der Waals surface area contributed by atoms with Crippen LogP contribution in [0.2, 0.25) is 0 Å². The number of hydrogen-bond donors (Lipinski definition) is 1. The van der Waals surface area contributed by atoms with E-state index in [1.54, 1.807) is 18.5 Å². The van der Waals surface area contributed by atoms with Crippen LogP contribution in [0.25, 0.3) is 0 Å². The van der Waals surface area contributed by atoms with Crippen molar-refractivity contribution in [3.63, 3.8) is 0 Å². The number of carbonyl (C=O) groups is 1. The van der Waals surface area contributed by atoms with Crippen LogP contribution in [0.4, 0.5) is 0 Å². The lowest BCUT2D eigenvalue weighted by atomic mass is 9.91. The fourth-order valence-corrected chi connectivity index (χ4v) is 2.86. The van der Waals surface area contributed by atoms with Crippen LogP contribution in [0, 0.1) is 23.7 Å². The third-order valence-corrected chi connectivity index (χ3v) is 3.61. The Bertz CT molecular complexity index is 549. The third kappa shape index (κ3) is 4.30. The zero-order valence-corrected chi connectivity index (χ0v) is 12.7. The third-order valence-electron chi connectivity index (χ3n) is 3.61. The largest absolute Gasteiger partial charge is 0.395 e. The van der Waals surface area contributed by atoms with Gasteiger partial charge in [0.1, 0.15) is 0 Å². The van der Waals surface area contributed by atoms with E-state index < -0.39 is 0 Å². The normalized spacial score (nSPS) is 21.6. The van der Waals surface area contributed by atoms with Gasteiger partial charge in [-0.05, 0) is 24.3 Å². The highest BCUT2D eigenvalue weighted by Crippen LogP contribution is 2.22. The van der Waals surface area contributed by atoms with Crippen LogP contribution in [-0.4, -0.2) is 40.6 Å². The molecule has 1 N–H and O–H groups in total. The quantitative estimate of drug-likeness (QED) is 0.845. The fourth-order valence-electron chi connectivity index (χ4n) is 2.86. The minimum Gasteiger partial charge on any atom is -0.395 e. The monoisotopic (exact) mass is 286 g/mol. The van der Waals surface area contributed by atoms with Crippen molar-refractivity contribution in [1.82, 2.24) is 9.88 Å². The van der Waals surface area contributed by atoms with Crippen LogP contribution in [0.3, 0.4) is 0 Å². The molecule has 1 aromatic rings. The molecule has 1 fully saturated rings. The van der Waals surface area contributed by atoms with Crippen LogP contribution in [0.1, 0.15) is 42.6 Å². The number of piperidine rings is 1. The highest BCUT2D eigenvalue weighted by Gasteiger charge is 2.26. The summed E-state index contributed by atoms with van der Waals surface area (Å²) in [6.45, 7) is 6.03. The number of likely N-dealkylation sites (tertiary alicyclic amines) is 1. The van der Waals surface area contributed by atoms with Gasteiger partial charge in [-0.1, -0.05) is 25.7 Å². The highest BCUT2D eigenvalue weighted by atomic mass is 16.2. The summed E-state index contributed by atoms with van der Waals surface area (Å²) >= 11 is 0. The number of hydrogen-bond acceptors (Lipinski definition) is 3. The van der Waals surface area contributed by atoms with Crippen LogP contribution in [0.15, 0.2) is 18.5 Å². The number of nitrogens with zero attached hydrogens (tertiary/aromatic N) is 2. The molecule has 1 aliphatic heterocycles. The zero-order chi connectivity index (χ0) is 15.2. The molecule has 1 aliphatic rings. The topological polar surface area (TPSA) is 53.4 Å². The Balaban J connectivity index is 2.12. The summed E-state index contributed by atoms with van der Waals surface area (Å²) in [5, 5.41) is 8.73. The minimum absolute atomic E-state index is 0.0340. The average Bonchev–Trinajstić information content (AvgIpc) is 2.46. The Morgan fingerprint density at radius 1 is 1.38 bits per heavy atom. The first kappa shape index (κ1) is 15.5. The predicted octanol–water partition coefficient (Wildman–Crippen LogP) is 1.93. The Morgan fingerprint density at radius 2 is 2.10 bits per heavy atom. The molecule has 0 aliphatic carbocycles. The zero-order valence-electron chi connectivity index (χ0n) is 12.7. The number of aliphatic hydroxyl groups is 1. The first-order valence-electron chi connectivity index (χ1n) is 7.44. The van der Waals surface area contributed by atoms with Crippen molar-refractivity contribution in [2.75, 3.05) is 19.7 Å². The highest BCUT2D eigenvalue weighted by molar-refractivity contribution is 5.94. The summed E-state index contributed by atoms with van der Waals surface area (Å²) in [6.07, 6.45) is 4.85. The van der Waals surface area contributed by atoms with Gasteiger partial charge in [-0.2, -0.15) is 0 Å². The van der Waals surface area contributed by atoms with Crippen molar-refractivity contribution in [2.24, 2.45) is 11.8 Å². The number of aromatic nitrogens is 1. The molecule has 112 valence electrons. The number of rotatable bonds is 2. The fraction of sp³-hybridized carbons (Fsp3) is 0.529. The Hall–Kier alpha value is -1.86. The van der Waals surface area contributed by atoms with Gasteiger partial charge in [0.2, 0.25) is 0 Å². The molecule has 2 heterocycles. The maximum absolute atomic E-state index is 12.6. The molecule has 0 spiro atoms. The molecule has 1 aromatic heterocycles. The average molecular weight is 286 g/mol. The van der Waals surface area contributed by atoms with Gasteiger partial charge in [-0.3, -0.25) is 9.78 Å². The second-order valence-electron chi connectivity index (χ2n) is 5.89. The number of amides is 1. The number of aliphatic hydroxyl groups excluding tert-OH is 1. The Kier molecular flexibility index (Phi) is 5.35. The van der Waals surface area contributed by atoms with Crippen molar-refractivity contribution >= 4 is 5.91 Å². The minimum atomic E-state index is 0.0340. The van der Waals surface area contributed by atoms with Crippen LogP contribution in [0.5, 0.6) is 0 Å². The lowest BCUT2D eigenvalue weighted by Crippen LogP contribution is -2.42. The standard InChI is InChI=1S/C17H22N2O2/c1-13-7-14(2)12-19(11-13)17(21)16-8-15(9-18-10-16)5-3-4-6-20/h8-10,13-14,20H,4,6-7,11-12H2,1-2H3. The number of carbonyl (C=O) groups excluding carboxylic acids is 1. The molecular formula is C17H22N2O2. The molecule has 1 amide bonds. The smallest absolute Gasteiger partial charge is 0.255 e. The molecule has 2 atom stereocenters. The van der Waals surface area contributed by atoms with Crippen LogP contribution in [-0.2, 0) is 0 Å². The van der Waals surface area contributed by atoms with E-state index in [0.29, 0.717) is 29.4 Å². The maximum atomic E-state index is 12.6. The Labute approximate surface area is 126 Å². The van der Waals surface area contributed by atoms with Gasteiger partial charge in [0, 0.05) is 37.5 Å². The molecule has 0 bridgehead atoms. The second-order valence-corrected chi connectivity index (χ2v) is 5.89. The summed E-state index contributed by atoms with van der Waals surface area (Å²) in [5.74, 6) is 6.88. The Morgan fingerprint density at radius 3 is 2.76 bits per heavy atom. The van der Waals surface area contributed by atoms with E-state index in [4.69, 9.17) is 5.11 Å². The van der Waals surface area contributed by atoms with Crippen molar-refractivity contribution in [3.05, 3.63) is 29.6 Å². The van der Waals surface area contributed by atoms with Gasteiger partial charge in [0.25, 0.3) is 5.91 Å². The lowest BCUT2D eigenvalue weighted by Gasteiger charge is -2.35. The summed E-state index contributed by atoms with van der Waals surface area (Å²) in [6, 6.07) is 1.78. The predicted molar refractivity (Wildman–Crippen MR) is 81.7 cm³/mol. The van der Waals surface area contributed by atoms with E-state index in [1.807, 2.05) is 4.90 Å². The maximum Gasteiger partial charge on any atom is 0.255 e. The summed E-state index contributed by atoms with van der Waals surface area (Å²) in [5.41, 5.74) is 1.31. The van der Waals surface area contributed by atoms with Gasteiger partial charge in [-0.25, -0.2) is 0 Å². The first-order valence-corrected chi connectivity index (χ1v) is 7.44. The number of pyridine rings is 1. The van der Waals surface area contributed by atoms with Crippen molar-refractivity contribution in [1.29, 1.82) is 0 Å². The van der Waals surface area contributed by atoms with Gasteiger partial charge < -0.3 is 10.0 Å². The molecule has 2 rings (SSSR count). The van der Waals surface area contributed by atoms with E-state index in [1.165, 1.54) is 6.42 Å². The molecular weight excluding hydrogens is 264 g/mol. The van der Waals surface area contributed by atoms with E-state index in [9.17, 15) is 4.79 Å². The van der Waals surface area contributed by atoms with Gasteiger partial charge in [0.05, 0.1) is 12.2 Å². The lowest BCUT2D eigenvalue weighted by molar-refractivity contribution is 0.0622. The molecule has 0 radical (unpaired) electrons. The molecule has 4 heteroatoms. The molecule has 21 heavy (non-hydrogen) atoms. The van der Waals surface area contributed by atoms with Crippen molar-refractivity contribution < 1.29 is 9.90 Å². The summed E-state index contributed by atoms with van der Waals surface area (Å²) in [7, 11) is 0. The van der Waals surface area contributed by atoms with Gasteiger partial charge in [-0.15, -0.1) is 0 Å². The van der Waals surface area contributed by atoms with Gasteiger partial charge in [0.15, 0.2) is 0 Å². The van der Waals surface area contributed by atoms with Gasteiger partial charge >= 0.3 is 0 Å². The SMILES string of the molecule is CC1CC(C)CN(C(=O)c2cncc(C#CCCO)c2)C1. The van der Waals surface area contributed by atoms with E-state index in [0.717, 1.165) is 13.1 Å². The molecule has 0 aromatic carbocycles. The molecule has 1 saturated heterocycles. The first-order chi connectivity index (χ1) is 10.1. The van der Waals surface area contributed by atoms with Crippen molar-refractivity contribution in [3.8, 4) is 11.8 Å².